The molecule has 0 aliphatic heterocycles. The van der Waals surface area contributed by atoms with E-state index < -0.39 is 5.82 Å². The molecular weight excluding hydrogens is 368 g/mol. The van der Waals surface area contributed by atoms with Crippen molar-refractivity contribution in [1.29, 1.82) is 0 Å². The van der Waals surface area contributed by atoms with Gasteiger partial charge in [-0.25, -0.2) is 4.39 Å². The molecule has 0 saturated heterocycles. The van der Waals surface area contributed by atoms with E-state index in [0.29, 0.717) is 15.8 Å². The second-order valence-electron chi connectivity index (χ2n) is 4.41. The van der Waals surface area contributed by atoms with Crippen LogP contribution in [0.5, 0.6) is 0 Å². The summed E-state index contributed by atoms with van der Waals surface area (Å²) >= 11 is 18.8. The van der Waals surface area contributed by atoms with Crippen molar-refractivity contribution < 1.29 is 9.18 Å². The molecule has 0 aromatic heterocycles. The lowest BCUT2D eigenvalue weighted by Gasteiger charge is -2.07. The van der Waals surface area contributed by atoms with Crippen molar-refractivity contribution in [3.8, 4) is 0 Å². The van der Waals surface area contributed by atoms with Gasteiger partial charge in [0.2, 0.25) is 5.91 Å². The summed E-state index contributed by atoms with van der Waals surface area (Å²) in [5.74, 6) is -0.0444. The van der Waals surface area contributed by atoms with Crippen LogP contribution >= 0.6 is 46.6 Å². The number of hydrogen-bond donors (Lipinski definition) is 1. The first-order valence-corrected chi connectivity index (χ1v) is 8.51. The molecule has 2 nitrogen and oxygen atoms in total. The van der Waals surface area contributed by atoms with Crippen LogP contribution in [0.1, 0.15) is 5.56 Å². The predicted molar refractivity (Wildman–Crippen MR) is 92.7 cm³/mol. The van der Waals surface area contributed by atoms with Crippen LogP contribution in [0.2, 0.25) is 15.1 Å². The molecule has 2 rings (SSSR count). The highest BCUT2D eigenvalue weighted by molar-refractivity contribution is 7.99. The van der Waals surface area contributed by atoms with E-state index in [2.05, 4.69) is 5.32 Å². The first kappa shape index (κ1) is 17.4. The van der Waals surface area contributed by atoms with Crippen LogP contribution in [-0.4, -0.2) is 11.7 Å². The first-order chi connectivity index (χ1) is 10.5. The van der Waals surface area contributed by atoms with Gasteiger partial charge in [0.25, 0.3) is 0 Å². The van der Waals surface area contributed by atoms with E-state index in [1.807, 2.05) is 6.07 Å². The fourth-order valence-electron chi connectivity index (χ4n) is 1.67. The average Bonchev–Trinajstić information content (AvgIpc) is 2.46. The molecular formula is C15H11Cl3FNOS. The van der Waals surface area contributed by atoms with Gasteiger partial charge in [-0.3, -0.25) is 4.79 Å². The normalized spacial score (nSPS) is 10.5. The number of rotatable bonds is 5. The highest BCUT2D eigenvalue weighted by Gasteiger charge is 2.08. The molecule has 0 saturated carbocycles. The lowest BCUT2D eigenvalue weighted by molar-refractivity contribution is -0.113. The third-order valence-electron chi connectivity index (χ3n) is 2.69. The molecule has 0 aliphatic rings. The topological polar surface area (TPSA) is 29.1 Å². The highest BCUT2D eigenvalue weighted by Crippen LogP contribution is 2.25. The monoisotopic (exact) mass is 377 g/mol. The van der Waals surface area contributed by atoms with Crippen LogP contribution in [0.15, 0.2) is 36.4 Å². The zero-order valence-corrected chi connectivity index (χ0v) is 14.3. The third kappa shape index (κ3) is 5.06. The van der Waals surface area contributed by atoms with Crippen molar-refractivity contribution in [2.45, 2.75) is 5.75 Å². The van der Waals surface area contributed by atoms with Gasteiger partial charge >= 0.3 is 0 Å². The summed E-state index contributed by atoms with van der Waals surface area (Å²) in [6.07, 6.45) is 0. The standard InChI is InChI=1S/C15H11Cl3FNOS/c16-10-2-4-14(13(19)6-10)20-15(21)8-22-7-9-1-3-11(17)12(18)5-9/h1-6H,7-8H2,(H,20,21). The predicted octanol–water partition coefficient (Wildman–Crippen LogP) is 5.66. The molecule has 2 aromatic carbocycles. The summed E-state index contributed by atoms with van der Waals surface area (Å²) in [6.45, 7) is 0. The molecule has 116 valence electrons. The van der Waals surface area contributed by atoms with E-state index in [1.165, 1.54) is 23.9 Å². The molecule has 1 amide bonds. The smallest absolute Gasteiger partial charge is 0.234 e. The lowest BCUT2D eigenvalue weighted by Crippen LogP contribution is -2.15. The fraction of sp³-hybridized carbons (Fsp3) is 0.133. The van der Waals surface area contributed by atoms with E-state index in [4.69, 9.17) is 34.8 Å². The quantitative estimate of drug-likeness (QED) is 0.727. The van der Waals surface area contributed by atoms with Crippen LogP contribution in [0, 0.1) is 5.82 Å². The van der Waals surface area contributed by atoms with Crippen LogP contribution in [0.3, 0.4) is 0 Å². The summed E-state index contributed by atoms with van der Waals surface area (Å²) in [6, 6.07) is 9.41. The van der Waals surface area contributed by atoms with Gasteiger partial charge in [-0.1, -0.05) is 40.9 Å². The Bertz CT molecular complexity index is 696. The number of benzene rings is 2. The van der Waals surface area contributed by atoms with Gasteiger partial charge in [-0.15, -0.1) is 11.8 Å². The van der Waals surface area contributed by atoms with Crippen molar-refractivity contribution in [1.82, 2.24) is 0 Å². The van der Waals surface area contributed by atoms with E-state index in [-0.39, 0.29) is 22.4 Å². The maximum absolute atomic E-state index is 13.5. The number of amides is 1. The summed E-state index contributed by atoms with van der Waals surface area (Å²) in [5.41, 5.74) is 1.08. The zero-order chi connectivity index (χ0) is 16.1. The first-order valence-electron chi connectivity index (χ1n) is 6.22. The molecule has 0 heterocycles. The zero-order valence-electron chi connectivity index (χ0n) is 11.2. The summed E-state index contributed by atoms with van der Waals surface area (Å²) in [7, 11) is 0. The second kappa shape index (κ2) is 8.06. The number of carbonyl (C=O) groups excluding carboxylic acids is 1. The second-order valence-corrected chi connectivity index (χ2v) is 6.65. The van der Waals surface area contributed by atoms with Gasteiger partial charge < -0.3 is 5.32 Å². The molecule has 1 N–H and O–H groups in total. The highest BCUT2D eigenvalue weighted by atomic mass is 35.5. The minimum absolute atomic E-state index is 0.115. The molecule has 0 radical (unpaired) electrons. The fourth-order valence-corrected chi connectivity index (χ4v) is 2.92. The van der Waals surface area contributed by atoms with Crippen molar-refractivity contribution in [2.24, 2.45) is 0 Å². The summed E-state index contributed by atoms with van der Waals surface area (Å²) in [5, 5.41) is 3.76. The number of nitrogens with one attached hydrogen (secondary N) is 1. The van der Waals surface area contributed by atoms with Crippen LogP contribution in [-0.2, 0) is 10.5 Å². The van der Waals surface area contributed by atoms with Gasteiger partial charge in [0, 0.05) is 10.8 Å². The molecule has 0 spiro atoms. The average molecular weight is 379 g/mol. The largest absolute Gasteiger partial charge is 0.323 e. The van der Waals surface area contributed by atoms with Crippen molar-refractivity contribution in [2.75, 3.05) is 11.1 Å². The van der Waals surface area contributed by atoms with Crippen molar-refractivity contribution >= 4 is 58.2 Å². The van der Waals surface area contributed by atoms with E-state index in [0.717, 1.165) is 11.6 Å². The molecule has 22 heavy (non-hydrogen) atoms. The Hall–Kier alpha value is -0.940. The molecule has 0 aliphatic carbocycles. The lowest BCUT2D eigenvalue weighted by atomic mass is 10.2. The van der Waals surface area contributed by atoms with Crippen LogP contribution < -0.4 is 5.32 Å². The Morgan fingerprint density at radius 2 is 1.86 bits per heavy atom. The minimum atomic E-state index is -0.560. The number of thioether (sulfide) groups is 1. The van der Waals surface area contributed by atoms with Gasteiger partial charge in [-0.2, -0.15) is 0 Å². The molecule has 0 atom stereocenters. The van der Waals surface area contributed by atoms with Crippen molar-refractivity contribution in [3.63, 3.8) is 0 Å². The Morgan fingerprint density at radius 1 is 1.09 bits per heavy atom. The maximum atomic E-state index is 13.5. The summed E-state index contributed by atoms with van der Waals surface area (Å²) < 4.78 is 13.5. The SMILES string of the molecule is O=C(CSCc1ccc(Cl)c(Cl)c1)Nc1ccc(Cl)cc1F. The molecule has 0 bridgehead atoms. The molecule has 7 heteroatoms. The number of hydrogen-bond acceptors (Lipinski definition) is 2. The number of carbonyl (C=O) groups is 1. The summed E-state index contributed by atoms with van der Waals surface area (Å²) in [4.78, 5) is 11.8. The Morgan fingerprint density at radius 3 is 2.55 bits per heavy atom. The molecule has 0 fully saturated rings. The van der Waals surface area contributed by atoms with E-state index in [9.17, 15) is 9.18 Å². The van der Waals surface area contributed by atoms with Gasteiger partial charge in [0.05, 0.1) is 21.5 Å². The van der Waals surface area contributed by atoms with E-state index >= 15 is 0 Å². The maximum Gasteiger partial charge on any atom is 0.234 e. The molecule has 2 aromatic rings. The molecule has 0 unspecified atom stereocenters. The van der Waals surface area contributed by atoms with Gasteiger partial charge in [0.15, 0.2) is 0 Å². The minimum Gasteiger partial charge on any atom is -0.323 e. The third-order valence-corrected chi connectivity index (χ3v) is 4.67. The number of anilines is 1. The Kier molecular flexibility index (Phi) is 6.38. The van der Waals surface area contributed by atoms with Gasteiger partial charge in [0.1, 0.15) is 5.82 Å². The van der Waals surface area contributed by atoms with Crippen LogP contribution in [0.25, 0.3) is 0 Å². The van der Waals surface area contributed by atoms with Crippen molar-refractivity contribution in [3.05, 3.63) is 62.8 Å². The van der Waals surface area contributed by atoms with E-state index in [1.54, 1.807) is 12.1 Å². The number of halogens is 4. The Labute approximate surface area is 146 Å². The van der Waals surface area contributed by atoms with Gasteiger partial charge in [-0.05, 0) is 35.9 Å². The Balaban J connectivity index is 1.83. The van der Waals surface area contributed by atoms with Crippen LogP contribution in [0.4, 0.5) is 10.1 Å².